The fourth-order valence-corrected chi connectivity index (χ4v) is 7.19. The first kappa shape index (κ1) is 37.2. The lowest BCUT2D eigenvalue weighted by molar-refractivity contribution is -0.119. The molecule has 12 nitrogen and oxygen atoms in total. The molecule has 0 fully saturated rings. The first-order valence-electron chi connectivity index (χ1n) is 16.4. The number of aromatic nitrogens is 1. The van der Waals surface area contributed by atoms with Crippen molar-refractivity contribution in [1.29, 1.82) is 0 Å². The summed E-state index contributed by atoms with van der Waals surface area (Å²) < 4.78 is 21.9. The third-order valence-corrected chi connectivity index (χ3v) is 9.22. The van der Waals surface area contributed by atoms with E-state index in [-0.39, 0.29) is 29.0 Å². The van der Waals surface area contributed by atoms with Gasteiger partial charge in [-0.05, 0) is 72.9 Å². The van der Waals surface area contributed by atoms with Crippen LogP contribution in [0.25, 0.3) is 11.1 Å². The Balaban J connectivity index is 1.44. The van der Waals surface area contributed by atoms with Gasteiger partial charge in [0.25, 0.3) is 0 Å². The highest BCUT2D eigenvalue weighted by molar-refractivity contribution is 7.16. The number of thiazole rings is 1. The van der Waals surface area contributed by atoms with E-state index in [4.69, 9.17) is 18.9 Å². The number of anilines is 2. The van der Waals surface area contributed by atoms with E-state index in [2.05, 4.69) is 20.9 Å². The molecular weight excluding hydrogens is 648 g/mol. The molecule has 0 bridgehead atoms. The Morgan fingerprint density at radius 3 is 2.41 bits per heavy atom. The van der Waals surface area contributed by atoms with E-state index in [1.165, 1.54) is 25.4 Å². The Hall–Kier alpha value is -4.65. The van der Waals surface area contributed by atoms with Crippen molar-refractivity contribution in [2.75, 3.05) is 45.6 Å². The highest BCUT2D eigenvalue weighted by atomic mass is 32.1. The van der Waals surface area contributed by atoms with Crippen LogP contribution in [0.3, 0.4) is 0 Å². The summed E-state index contributed by atoms with van der Waals surface area (Å²) in [5.41, 5.74) is 3.67. The third kappa shape index (κ3) is 9.08. The minimum atomic E-state index is -0.512. The number of hydrogen-bond donors (Lipinski definition) is 3. The van der Waals surface area contributed by atoms with Crippen molar-refractivity contribution in [2.24, 2.45) is 5.92 Å². The van der Waals surface area contributed by atoms with Crippen LogP contribution in [0, 0.1) is 5.92 Å². The molecular formula is C36H46N4O8S. The molecule has 1 atom stereocenters. The van der Waals surface area contributed by atoms with E-state index in [1.54, 1.807) is 33.5 Å². The van der Waals surface area contributed by atoms with Crippen molar-refractivity contribution >= 4 is 39.9 Å². The second-order valence-corrected chi connectivity index (χ2v) is 13.3. The van der Waals surface area contributed by atoms with Crippen LogP contribution in [0.4, 0.5) is 10.8 Å². The summed E-state index contributed by atoms with van der Waals surface area (Å²) in [4.78, 5) is 55.6. The zero-order valence-electron chi connectivity index (χ0n) is 29.2. The van der Waals surface area contributed by atoms with E-state index >= 15 is 0 Å². The highest BCUT2D eigenvalue weighted by Gasteiger charge is 2.29. The molecule has 0 unspecified atom stereocenters. The largest absolute Gasteiger partial charge is 0.493 e. The molecule has 0 spiro atoms. The van der Waals surface area contributed by atoms with Crippen LogP contribution >= 0.6 is 11.3 Å². The number of nitrogens with one attached hydrogen (secondary N) is 3. The molecule has 2 amide bonds. The first-order valence-corrected chi connectivity index (χ1v) is 17.2. The Labute approximate surface area is 290 Å². The molecule has 0 radical (unpaired) electrons. The average molecular weight is 695 g/mol. The Kier molecular flexibility index (Phi) is 13.0. The van der Waals surface area contributed by atoms with Crippen LogP contribution in [-0.4, -0.2) is 57.8 Å². The molecule has 0 saturated heterocycles. The van der Waals surface area contributed by atoms with Crippen molar-refractivity contribution in [2.45, 2.75) is 71.8 Å². The second-order valence-electron chi connectivity index (χ2n) is 12.3. The van der Waals surface area contributed by atoms with Crippen molar-refractivity contribution < 1.29 is 33.3 Å². The predicted molar refractivity (Wildman–Crippen MR) is 190 cm³/mol. The quantitative estimate of drug-likeness (QED) is 0.129. The summed E-state index contributed by atoms with van der Waals surface area (Å²) >= 11 is 1.30. The Morgan fingerprint density at radius 2 is 1.76 bits per heavy atom. The first-order chi connectivity index (χ1) is 23.5. The number of nitrogens with zero attached hydrogens (tertiary/aromatic N) is 1. The van der Waals surface area contributed by atoms with E-state index in [0.29, 0.717) is 78.2 Å². The summed E-state index contributed by atoms with van der Waals surface area (Å²) in [6.07, 6.45) is 4.28. The molecule has 1 aliphatic rings. The zero-order valence-corrected chi connectivity index (χ0v) is 30.1. The molecule has 4 rings (SSSR count). The van der Waals surface area contributed by atoms with E-state index in [0.717, 1.165) is 34.4 Å². The van der Waals surface area contributed by atoms with Gasteiger partial charge in [0.2, 0.25) is 23.0 Å². The Bertz CT molecular complexity index is 1740. The summed E-state index contributed by atoms with van der Waals surface area (Å²) in [6, 6.07) is 6.76. The molecule has 0 saturated carbocycles. The van der Waals surface area contributed by atoms with Gasteiger partial charge < -0.3 is 34.9 Å². The fourth-order valence-electron chi connectivity index (χ4n) is 6.02. The predicted octanol–water partition coefficient (Wildman–Crippen LogP) is 5.92. The summed E-state index contributed by atoms with van der Waals surface area (Å²) in [7, 11) is 6.00. The van der Waals surface area contributed by atoms with Crippen LogP contribution in [0.2, 0.25) is 0 Å². The number of amides is 2. The molecule has 1 aliphatic carbocycles. The fraction of sp³-hybridized carbons (Fsp3) is 0.472. The second kappa shape index (κ2) is 17.1. The maximum absolute atomic E-state index is 13.5. The number of benzene rings is 1. The van der Waals surface area contributed by atoms with Gasteiger partial charge in [-0.25, -0.2) is 9.78 Å². The number of aryl methyl sites for hydroxylation is 1. The van der Waals surface area contributed by atoms with Crippen LogP contribution in [0.15, 0.2) is 29.1 Å². The lowest BCUT2D eigenvalue weighted by Gasteiger charge is -2.19. The summed E-state index contributed by atoms with van der Waals surface area (Å²) in [6.45, 7) is 6.09. The van der Waals surface area contributed by atoms with Crippen LogP contribution in [0.1, 0.15) is 85.4 Å². The molecule has 13 heteroatoms. The molecule has 2 aromatic carbocycles. The minimum absolute atomic E-state index is 0.175. The molecule has 3 aromatic rings. The normalized spacial score (nSPS) is 13.4. The van der Waals surface area contributed by atoms with Crippen molar-refractivity contribution in [1.82, 2.24) is 10.3 Å². The maximum Gasteiger partial charge on any atom is 0.357 e. The van der Waals surface area contributed by atoms with E-state index in [1.807, 2.05) is 26.0 Å². The minimum Gasteiger partial charge on any atom is -0.493 e. The maximum atomic E-state index is 13.5. The smallest absolute Gasteiger partial charge is 0.357 e. The van der Waals surface area contributed by atoms with Gasteiger partial charge in [0, 0.05) is 30.3 Å². The van der Waals surface area contributed by atoms with Gasteiger partial charge in [-0.2, -0.15) is 0 Å². The standard InChI is InChI=1S/C36H46N4O8S/c1-20(2)17-29-32(35(44)48-7)40-36(49-29)39-30(43)11-9-8-10-16-37-26-15-13-23-24(19-27(26)42)25(38-21(3)41)14-12-22-18-28(45-4)33(46-5)34(47-6)31(22)23/h13,15,18-20,25H,8-12,14,16-17H2,1-7H3,(H,37,42)(H,38,41)(H,39,40,43)/t25-/m1/s1. The van der Waals surface area contributed by atoms with Gasteiger partial charge in [-0.3, -0.25) is 14.4 Å². The number of carbonyl (C=O) groups is 3. The van der Waals surface area contributed by atoms with Crippen molar-refractivity contribution in [3.8, 4) is 28.4 Å². The van der Waals surface area contributed by atoms with Crippen LogP contribution < -0.4 is 35.6 Å². The molecule has 1 aromatic heterocycles. The number of esters is 1. The third-order valence-electron chi connectivity index (χ3n) is 8.23. The lowest BCUT2D eigenvalue weighted by atomic mass is 9.95. The molecule has 264 valence electrons. The number of rotatable bonds is 15. The molecule has 0 aliphatic heterocycles. The number of unbranched alkanes of at least 4 members (excludes halogenated alkanes) is 2. The summed E-state index contributed by atoms with van der Waals surface area (Å²) in [5.74, 6) is 0.919. The summed E-state index contributed by atoms with van der Waals surface area (Å²) in [5, 5.41) is 9.48. The van der Waals surface area contributed by atoms with Gasteiger partial charge in [0.05, 0.1) is 40.2 Å². The van der Waals surface area contributed by atoms with Crippen molar-refractivity contribution in [3.05, 3.63) is 56.2 Å². The number of ether oxygens (including phenoxy) is 4. The zero-order chi connectivity index (χ0) is 35.7. The topological polar surface area (TPSA) is 154 Å². The number of carbonyl (C=O) groups excluding carboxylic acids is 3. The lowest BCUT2D eigenvalue weighted by Crippen LogP contribution is -2.26. The molecule has 1 heterocycles. The van der Waals surface area contributed by atoms with Crippen LogP contribution in [0.5, 0.6) is 17.2 Å². The molecule has 49 heavy (non-hydrogen) atoms. The number of hydrogen-bond acceptors (Lipinski definition) is 11. The van der Waals surface area contributed by atoms with Gasteiger partial charge in [0.1, 0.15) is 0 Å². The number of methoxy groups -OCH3 is 4. The Morgan fingerprint density at radius 1 is 1.00 bits per heavy atom. The highest BCUT2D eigenvalue weighted by Crippen LogP contribution is 2.50. The average Bonchev–Trinajstić information content (AvgIpc) is 3.30. The van der Waals surface area contributed by atoms with Gasteiger partial charge in [0.15, 0.2) is 22.3 Å². The van der Waals surface area contributed by atoms with Gasteiger partial charge in [-0.15, -0.1) is 11.3 Å². The van der Waals surface area contributed by atoms with Crippen molar-refractivity contribution in [3.63, 3.8) is 0 Å². The SMILES string of the molecule is COC(=O)c1nc(NC(=O)CCCCCNc2ccc3c(cc2=O)[C@H](NC(C)=O)CCc2cc(OC)c(OC)c(OC)c2-3)sc1CC(C)C. The van der Waals surface area contributed by atoms with E-state index in [9.17, 15) is 19.2 Å². The van der Waals surface area contributed by atoms with Gasteiger partial charge in [-0.1, -0.05) is 26.3 Å². The van der Waals surface area contributed by atoms with Gasteiger partial charge >= 0.3 is 5.97 Å². The van der Waals surface area contributed by atoms with E-state index < -0.39 is 5.97 Å². The monoisotopic (exact) mass is 694 g/mol. The number of fused-ring (bicyclic) bond motifs is 3. The van der Waals surface area contributed by atoms with Crippen LogP contribution in [-0.2, 0) is 27.2 Å². The molecule has 3 N–H and O–H groups in total.